The lowest BCUT2D eigenvalue weighted by atomic mass is 9.99. The second-order valence-corrected chi connectivity index (χ2v) is 10.0. The van der Waals surface area contributed by atoms with Gasteiger partial charge in [0, 0.05) is 26.2 Å². The van der Waals surface area contributed by atoms with Crippen molar-refractivity contribution in [2.24, 2.45) is 11.8 Å². The molecule has 3 atom stereocenters. The lowest BCUT2D eigenvalue weighted by molar-refractivity contribution is -0.153. The van der Waals surface area contributed by atoms with Crippen LogP contribution in [0.15, 0.2) is 29.2 Å². The van der Waals surface area contributed by atoms with E-state index in [1.54, 1.807) is 17.0 Å². The first-order chi connectivity index (χ1) is 13.7. The molecule has 0 aromatic heterocycles. The van der Waals surface area contributed by atoms with Crippen molar-refractivity contribution in [2.45, 2.75) is 44.4 Å². The minimum absolute atomic E-state index is 0.0727. The fraction of sp³-hybridized carbons (Fsp3) is 0.619. The maximum Gasteiger partial charge on any atom is 0.309 e. The molecule has 1 heterocycles. The molecule has 1 saturated carbocycles. The smallest absolute Gasteiger partial charge is 0.309 e. The van der Waals surface area contributed by atoms with E-state index in [1.807, 2.05) is 19.1 Å². The Balaban J connectivity index is 1.52. The van der Waals surface area contributed by atoms with Gasteiger partial charge in [0.15, 0.2) is 6.61 Å². The molecule has 1 amide bonds. The summed E-state index contributed by atoms with van der Waals surface area (Å²) in [7, 11) is -3.59. The van der Waals surface area contributed by atoms with Crippen LogP contribution in [0.4, 0.5) is 0 Å². The molecule has 2 aliphatic rings. The van der Waals surface area contributed by atoms with Gasteiger partial charge < -0.3 is 9.64 Å². The van der Waals surface area contributed by atoms with Crippen LogP contribution in [0.2, 0.25) is 0 Å². The molecule has 7 nitrogen and oxygen atoms in total. The third-order valence-corrected chi connectivity index (χ3v) is 7.95. The minimum Gasteiger partial charge on any atom is -0.455 e. The standard InChI is InChI=1S/C21H30N2O5S/c1-4-15(2)17-5-7-18(8-6-17)29(26,27)23-11-9-22(10-12-23)20(24)14-28-21(25)19-13-16(19)3/h5-8,15-16,19H,4,9-14H2,1-3H3/t15-,16+,19+/m1/s1. The molecule has 1 saturated heterocycles. The van der Waals surface area contributed by atoms with E-state index >= 15 is 0 Å². The monoisotopic (exact) mass is 422 g/mol. The first-order valence-corrected chi connectivity index (χ1v) is 11.7. The number of nitrogens with zero attached hydrogens (tertiary/aromatic N) is 2. The van der Waals surface area contributed by atoms with Crippen molar-refractivity contribution in [1.82, 2.24) is 9.21 Å². The summed E-state index contributed by atoms with van der Waals surface area (Å²) in [5, 5.41) is 0. The summed E-state index contributed by atoms with van der Waals surface area (Å²) < 4.78 is 32.3. The number of esters is 1. The van der Waals surface area contributed by atoms with Crippen LogP contribution in [0.1, 0.15) is 45.1 Å². The fourth-order valence-electron chi connectivity index (χ4n) is 3.51. The third kappa shape index (κ3) is 4.98. The van der Waals surface area contributed by atoms with Gasteiger partial charge in [0.1, 0.15) is 0 Å². The van der Waals surface area contributed by atoms with E-state index in [4.69, 9.17) is 4.74 Å². The Morgan fingerprint density at radius 3 is 2.24 bits per heavy atom. The van der Waals surface area contributed by atoms with Gasteiger partial charge in [-0.05, 0) is 42.4 Å². The van der Waals surface area contributed by atoms with E-state index in [0.717, 1.165) is 18.4 Å². The summed E-state index contributed by atoms with van der Waals surface area (Å²) in [5.41, 5.74) is 1.12. The number of carbonyl (C=O) groups excluding carboxylic acids is 2. The summed E-state index contributed by atoms with van der Waals surface area (Å²) >= 11 is 0. The number of piperazine rings is 1. The van der Waals surface area contributed by atoms with E-state index in [1.165, 1.54) is 4.31 Å². The molecule has 1 aliphatic carbocycles. The SMILES string of the molecule is CC[C@@H](C)c1ccc(S(=O)(=O)N2CCN(C(=O)COC(=O)[C@H]3C[C@@H]3C)CC2)cc1. The van der Waals surface area contributed by atoms with Crippen molar-refractivity contribution in [3.05, 3.63) is 29.8 Å². The molecule has 1 aromatic carbocycles. The molecular formula is C21H30N2O5S. The highest BCUT2D eigenvalue weighted by atomic mass is 32.2. The van der Waals surface area contributed by atoms with Gasteiger partial charge in [-0.3, -0.25) is 9.59 Å². The highest BCUT2D eigenvalue weighted by Crippen LogP contribution is 2.38. The molecule has 2 fully saturated rings. The maximum atomic E-state index is 12.9. The van der Waals surface area contributed by atoms with Gasteiger partial charge in [0.25, 0.3) is 5.91 Å². The van der Waals surface area contributed by atoms with Crippen molar-refractivity contribution in [1.29, 1.82) is 0 Å². The number of carbonyl (C=O) groups is 2. The number of sulfonamides is 1. The normalized spacial score (nSPS) is 23.5. The number of amides is 1. The van der Waals surface area contributed by atoms with E-state index in [2.05, 4.69) is 13.8 Å². The van der Waals surface area contributed by atoms with E-state index in [0.29, 0.717) is 24.9 Å². The lowest BCUT2D eigenvalue weighted by Gasteiger charge is -2.34. The van der Waals surface area contributed by atoms with Crippen molar-refractivity contribution < 1.29 is 22.7 Å². The van der Waals surface area contributed by atoms with Gasteiger partial charge in [0.05, 0.1) is 10.8 Å². The average Bonchev–Trinajstić information content (AvgIpc) is 3.48. The molecule has 3 rings (SSSR count). The van der Waals surface area contributed by atoms with Crippen molar-refractivity contribution in [2.75, 3.05) is 32.8 Å². The number of benzene rings is 1. The van der Waals surface area contributed by atoms with Gasteiger partial charge in [0.2, 0.25) is 10.0 Å². The van der Waals surface area contributed by atoms with Gasteiger partial charge in [-0.1, -0.05) is 32.9 Å². The molecule has 0 radical (unpaired) electrons. The van der Waals surface area contributed by atoms with Gasteiger partial charge in [-0.2, -0.15) is 4.31 Å². The van der Waals surface area contributed by atoms with Crippen molar-refractivity contribution >= 4 is 21.9 Å². The number of hydrogen-bond acceptors (Lipinski definition) is 5. The molecule has 0 N–H and O–H groups in total. The molecule has 0 spiro atoms. The lowest BCUT2D eigenvalue weighted by Crippen LogP contribution is -2.51. The topological polar surface area (TPSA) is 84.0 Å². The van der Waals surface area contributed by atoms with Crippen molar-refractivity contribution in [3.63, 3.8) is 0 Å². The Morgan fingerprint density at radius 2 is 1.72 bits per heavy atom. The zero-order valence-electron chi connectivity index (χ0n) is 17.3. The minimum atomic E-state index is -3.59. The van der Waals surface area contributed by atoms with E-state index in [9.17, 15) is 18.0 Å². The number of ether oxygens (including phenoxy) is 1. The number of hydrogen-bond donors (Lipinski definition) is 0. The van der Waals surface area contributed by atoms with E-state index < -0.39 is 10.0 Å². The fourth-order valence-corrected chi connectivity index (χ4v) is 4.93. The Bertz CT molecular complexity index is 844. The quantitative estimate of drug-likeness (QED) is 0.629. The Labute approximate surface area is 173 Å². The molecular weight excluding hydrogens is 392 g/mol. The summed E-state index contributed by atoms with van der Waals surface area (Å²) in [6.45, 7) is 6.97. The first-order valence-electron chi connectivity index (χ1n) is 10.3. The van der Waals surface area contributed by atoms with Crippen LogP contribution < -0.4 is 0 Å². The van der Waals surface area contributed by atoms with Crippen LogP contribution in [0.5, 0.6) is 0 Å². The van der Waals surface area contributed by atoms with Crippen LogP contribution >= 0.6 is 0 Å². The van der Waals surface area contributed by atoms with Crippen LogP contribution in [0, 0.1) is 11.8 Å². The first kappa shape index (κ1) is 21.8. The Kier molecular flexibility index (Phi) is 6.63. The molecule has 1 aliphatic heterocycles. The summed E-state index contributed by atoms with van der Waals surface area (Å²) in [4.78, 5) is 25.8. The zero-order chi connectivity index (χ0) is 21.2. The predicted octanol–water partition coefficient (Wildman–Crippen LogP) is 2.23. The van der Waals surface area contributed by atoms with E-state index in [-0.39, 0.29) is 42.4 Å². The molecule has 8 heteroatoms. The summed E-state index contributed by atoms with van der Waals surface area (Å²) in [5.74, 6) is 0.0649. The number of rotatable bonds is 7. The van der Waals surface area contributed by atoms with Gasteiger partial charge in [-0.25, -0.2) is 8.42 Å². The van der Waals surface area contributed by atoms with Crippen LogP contribution in [-0.2, 0) is 24.3 Å². The molecule has 29 heavy (non-hydrogen) atoms. The predicted molar refractivity (Wildman–Crippen MR) is 109 cm³/mol. The largest absolute Gasteiger partial charge is 0.455 e. The Morgan fingerprint density at radius 1 is 1.14 bits per heavy atom. The Hall–Kier alpha value is -1.93. The summed E-state index contributed by atoms with van der Waals surface area (Å²) in [6, 6.07) is 7.06. The van der Waals surface area contributed by atoms with Crippen LogP contribution in [-0.4, -0.2) is 62.3 Å². The van der Waals surface area contributed by atoms with Crippen LogP contribution in [0.25, 0.3) is 0 Å². The molecule has 0 bridgehead atoms. The zero-order valence-corrected chi connectivity index (χ0v) is 18.2. The highest BCUT2D eigenvalue weighted by Gasteiger charge is 2.41. The second kappa shape index (κ2) is 8.83. The third-order valence-electron chi connectivity index (χ3n) is 6.04. The highest BCUT2D eigenvalue weighted by molar-refractivity contribution is 7.89. The average molecular weight is 423 g/mol. The maximum absolute atomic E-state index is 12.9. The summed E-state index contributed by atoms with van der Waals surface area (Å²) in [6.07, 6.45) is 1.82. The molecule has 160 valence electrons. The second-order valence-electron chi connectivity index (χ2n) is 8.09. The van der Waals surface area contributed by atoms with Gasteiger partial charge >= 0.3 is 5.97 Å². The van der Waals surface area contributed by atoms with Gasteiger partial charge in [-0.15, -0.1) is 0 Å². The molecule has 1 aromatic rings. The van der Waals surface area contributed by atoms with Crippen LogP contribution in [0.3, 0.4) is 0 Å². The molecule has 0 unspecified atom stereocenters. The van der Waals surface area contributed by atoms with Crippen molar-refractivity contribution in [3.8, 4) is 0 Å².